The average Bonchev–Trinajstić information content (AvgIpc) is 2.16. The lowest BCUT2D eigenvalue weighted by Crippen LogP contribution is -2.51. The van der Waals surface area contributed by atoms with Gasteiger partial charge in [0.1, 0.15) is 0 Å². The Morgan fingerprint density at radius 2 is 2.00 bits per heavy atom. The van der Waals surface area contributed by atoms with E-state index in [0.29, 0.717) is 0 Å². The smallest absolute Gasteiger partial charge is 0.239 e. The van der Waals surface area contributed by atoms with Gasteiger partial charge in [0.2, 0.25) is 5.91 Å². The van der Waals surface area contributed by atoms with Gasteiger partial charge < -0.3 is 11.1 Å². The van der Waals surface area contributed by atoms with Gasteiger partial charge in [0.25, 0.3) is 0 Å². The van der Waals surface area contributed by atoms with E-state index in [2.05, 4.69) is 19.2 Å². The SMILES string of the molecule is CCCC(C)(N)C(=O)NCCCCC(C)C. The van der Waals surface area contributed by atoms with E-state index in [4.69, 9.17) is 5.73 Å². The van der Waals surface area contributed by atoms with Gasteiger partial charge in [-0.3, -0.25) is 4.79 Å². The molecule has 0 spiro atoms. The fourth-order valence-corrected chi connectivity index (χ4v) is 1.71. The van der Waals surface area contributed by atoms with E-state index in [0.717, 1.165) is 31.7 Å². The monoisotopic (exact) mass is 228 g/mol. The second-order valence-corrected chi connectivity index (χ2v) is 5.31. The number of carbonyl (C=O) groups is 1. The minimum Gasteiger partial charge on any atom is -0.355 e. The van der Waals surface area contributed by atoms with Crippen LogP contribution in [0.3, 0.4) is 0 Å². The number of amides is 1. The van der Waals surface area contributed by atoms with Crippen LogP contribution in [0.25, 0.3) is 0 Å². The Labute approximate surface area is 100 Å². The summed E-state index contributed by atoms with van der Waals surface area (Å²) in [6.07, 6.45) is 5.13. The fraction of sp³-hybridized carbons (Fsp3) is 0.923. The van der Waals surface area contributed by atoms with Gasteiger partial charge in [0.05, 0.1) is 5.54 Å². The Morgan fingerprint density at radius 3 is 2.50 bits per heavy atom. The number of hydrogen-bond donors (Lipinski definition) is 2. The average molecular weight is 228 g/mol. The first kappa shape index (κ1) is 15.4. The summed E-state index contributed by atoms with van der Waals surface area (Å²) in [5, 5.41) is 2.92. The molecule has 0 aliphatic rings. The molecule has 0 aromatic carbocycles. The molecule has 1 amide bonds. The second kappa shape index (κ2) is 7.66. The van der Waals surface area contributed by atoms with Crippen molar-refractivity contribution in [2.45, 2.75) is 65.3 Å². The highest BCUT2D eigenvalue weighted by Crippen LogP contribution is 2.09. The summed E-state index contributed by atoms with van der Waals surface area (Å²) in [7, 11) is 0. The van der Waals surface area contributed by atoms with Crippen LogP contribution in [0.5, 0.6) is 0 Å². The van der Waals surface area contributed by atoms with Crippen LogP contribution in [-0.4, -0.2) is 18.0 Å². The van der Waals surface area contributed by atoms with Crippen molar-refractivity contribution in [3.63, 3.8) is 0 Å². The molecule has 0 rings (SSSR count). The van der Waals surface area contributed by atoms with E-state index < -0.39 is 5.54 Å². The molecule has 0 radical (unpaired) electrons. The van der Waals surface area contributed by atoms with Crippen LogP contribution >= 0.6 is 0 Å². The number of nitrogens with two attached hydrogens (primary N) is 1. The van der Waals surface area contributed by atoms with Crippen molar-refractivity contribution in [3.8, 4) is 0 Å². The summed E-state index contributed by atoms with van der Waals surface area (Å²) in [6.45, 7) is 9.04. The molecule has 16 heavy (non-hydrogen) atoms. The van der Waals surface area contributed by atoms with Crippen LogP contribution in [-0.2, 0) is 4.79 Å². The van der Waals surface area contributed by atoms with Crippen molar-refractivity contribution in [2.75, 3.05) is 6.54 Å². The predicted molar refractivity (Wildman–Crippen MR) is 69.2 cm³/mol. The minimum absolute atomic E-state index is 0.0149. The highest BCUT2D eigenvalue weighted by atomic mass is 16.2. The number of nitrogens with one attached hydrogen (secondary N) is 1. The first-order valence-electron chi connectivity index (χ1n) is 6.47. The third kappa shape index (κ3) is 6.83. The van der Waals surface area contributed by atoms with Crippen LogP contribution in [0.2, 0.25) is 0 Å². The van der Waals surface area contributed by atoms with Gasteiger partial charge in [-0.2, -0.15) is 0 Å². The third-order valence-electron chi connectivity index (χ3n) is 2.78. The molecule has 1 atom stereocenters. The van der Waals surface area contributed by atoms with E-state index >= 15 is 0 Å². The summed E-state index contributed by atoms with van der Waals surface area (Å²) in [5.41, 5.74) is 5.22. The number of hydrogen-bond acceptors (Lipinski definition) is 2. The molecule has 3 nitrogen and oxygen atoms in total. The first-order valence-corrected chi connectivity index (χ1v) is 6.47. The number of carbonyl (C=O) groups excluding carboxylic acids is 1. The van der Waals surface area contributed by atoms with Gasteiger partial charge in [-0.05, 0) is 25.7 Å². The van der Waals surface area contributed by atoms with Gasteiger partial charge in [-0.15, -0.1) is 0 Å². The summed E-state index contributed by atoms with van der Waals surface area (Å²) in [6, 6.07) is 0. The van der Waals surface area contributed by atoms with E-state index in [9.17, 15) is 4.79 Å². The lowest BCUT2D eigenvalue weighted by atomic mass is 9.96. The van der Waals surface area contributed by atoms with Crippen LogP contribution < -0.4 is 11.1 Å². The van der Waals surface area contributed by atoms with Gasteiger partial charge >= 0.3 is 0 Å². The van der Waals surface area contributed by atoms with Gasteiger partial charge in [0.15, 0.2) is 0 Å². The molecule has 3 heteroatoms. The zero-order valence-electron chi connectivity index (χ0n) is 11.3. The lowest BCUT2D eigenvalue weighted by molar-refractivity contribution is -0.126. The van der Waals surface area contributed by atoms with Crippen molar-refractivity contribution in [3.05, 3.63) is 0 Å². The molecule has 0 aromatic heterocycles. The molecule has 0 aliphatic heterocycles. The normalized spacial score (nSPS) is 14.9. The van der Waals surface area contributed by atoms with E-state index in [1.807, 2.05) is 6.92 Å². The van der Waals surface area contributed by atoms with Crippen LogP contribution in [0.4, 0.5) is 0 Å². The highest BCUT2D eigenvalue weighted by molar-refractivity contribution is 5.85. The van der Waals surface area contributed by atoms with Crippen molar-refractivity contribution < 1.29 is 4.79 Å². The summed E-state index contributed by atoms with van der Waals surface area (Å²) in [4.78, 5) is 11.7. The van der Waals surface area contributed by atoms with Crippen LogP contribution in [0.1, 0.15) is 59.8 Å². The lowest BCUT2D eigenvalue weighted by Gasteiger charge is -2.22. The molecule has 0 aromatic rings. The topological polar surface area (TPSA) is 55.1 Å². The molecule has 3 N–H and O–H groups in total. The Bertz CT molecular complexity index is 200. The molecular weight excluding hydrogens is 200 g/mol. The molecule has 0 bridgehead atoms. The van der Waals surface area contributed by atoms with Crippen molar-refractivity contribution in [2.24, 2.45) is 11.7 Å². The van der Waals surface area contributed by atoms with Crippen molar-refractivity contribution >= 4 is 5.91 Å². The summed E-state index contributed by atoms with van der Waals surface area (Å²) >= 11 is 0. The largest absolute Gasteiger partial charge is 0.355 e. The standard InChI is InChI=1S/C13H28N2O/c1-5-9-13(4,14)12(16)15-10-7-6-8-11(2)3/h11H,5-10,14H2,1-4H3,(H,15,16). The first-order chi connectivity index (χ1) is 7.40. The van der Waals surface area contributed by atoms with Crippen molar-refractivity contribution in [1.82, 2.24) is 5.32 Å². The molecule has 0 heterocycles. The quantitative estimate of drug-likeness (QED) is 0.627. The predicted octanol–water partition coefficient (Wildman–Crippen LogP) is 2.45. The Hall–Kier alpha value is -0.570. The summed E-state index contributed by atoms with van der Waals surface area (Å²) < 4.78 is 0. The summed E-state index contributed by atoms with van der Waals surface area (Å²) in [5.74, 6) is 0.731. The maximum Gasteiger partial charge on any atom is 0.239 e. The Morgan fingerprint density at radius 1 is 1.38 bits per heavy atom. The van der Waals surface area contributed by atoms with Crippen molar-refractivity contribution in [1.29, 1.82) is 0 Å². The Kier molecular flexibility index (Phi) is 7.39. The van der Waals surface area contributed by atoms with Gasteiger partial charge in [0, 0.05) is 6.54 Å². The van der Waals surface area contributed by atoms with E-state index in [-0.39, 0.29) is 5.91 Å². The third-order valence-corrected chi connectivity index (χ3v) is 2.78. The zero-order valence-corrected chi connectivity index (χ0v) is 11.3. The van der Waals surface area contributed by atoms with Gasteiger partial charge in [-0.25, -0.2) is 0 Å². The van der Waals surface area contributed by atoms with E-state index in [1.54, 1.807) is 6.92 Å². The second-order valence-electron chi connectivity index (χ2n) is 5.31. The molecule has 1 unspecified atom stereocenters. The zero-order chi connectivity index (χ0) is 12.6. The van der Waals surface area contributed by atoms with Crippen LogP contribution in [0.15, 0.2) is 0 Å². The molecular formula is C13H28N2O. The number of unbranched alkanes of at least 4 members (excludes halogenated alkanes) is 1. The van der Waals surface area contributed by atoms with Gasteiger partial charge in [-0.1, -0.05) is 40.0 Å². The Balaban J connectivity index is 3.65. The maximum atomic E-state index is 11.7. The fourth-order valence-electron chi connectivity index (χ4n) is 1.71. The van der Waals surface area contributed by atoms with E-state index in [1.165, 1.54) is 12.8 Å². The molecule has 96 valence electrons. The molecule has 0 saturated carbocycles. The minimum atomic E-state index is -0.702. The maximum absolute atomic E-state index is 11.7. The number of rotatable bonds is 8. The molecule has 0 fully saturated rings. The highest BCUT2D eigenvalue weighted by Gasteiger charge is 2.26. The van der Waals surface area contributed by atoms with Crippen LogP contribution in [0, 0.1) is 5.92 Å². The molecule has 0 saturated heterocycles. The molecule has 0 aliphatic carbocycles.